The van der Waals surface area contributed by atoms with Crippen LogP contribution in [-0.2, 0) is 4.79 Å². The van der Waals surface area contributed by atoms with E-state index in [0.29, 0.717) is 17.7 Å². The number of hydrogen-bond acceptors (Lipinski definition) is 1. The summed E-state index contributed by atoms with van der Waals surface area (Å²) in [6.45, 7) is 5.41. The van der Waals surface area contributed by atoms with Gasteiger partial charge in [0.25, 0.3) is 0 Å². The first-order chi connectivity index (χ1) is 5.65. The van der Waals surface area contributed by atoms with Crippen LogP contribution in [0.25, 0.3) is 0 Å². The van der Waals surface area contributed by atoms with E-state index in [-0.39, 0.29) is 0 Å². The molecule has 0 bridgehead atoms. The van der Waals surface area contributed by atoms with Crippen LogP contribution >= 0.6 is 0 Å². The maximum atomic E-state index is 11.4. The number of likely N-dealkylation sites (tertiary alicyclic amines) is 1. The Morgan fingerprint density at radius 1 is 1.67 bits per heavy atom. The van der Waals surface area contributed by atoms with E-state index in [2.05, 4.69) is 13.8 Å². The molecule has 0 N–H and O–H groups in total. The third-order valence-corrected chi connectivity index (χ3v) is 3.15. The number of nitrogens with zero attached hydrogens (tertiary/aromatic N) is 1. The highest BCUT2D eigenvalue weighted by molar-refractivity contribution is 5.76. The molecule has 2 unspecified atom stereocenters. The van der Waals surface area contributed by atoms with Gasteiger partial charge in [-0.2, -0.15) is 0 Å². The number of carbonyl (C=O) groups excluding carboxylic acids is 1. The Morgan fingerprint density at radius 2 is 2.33 bits per heavy atom. The molecule has 0 aromatic rings. The molecule has 1 saturated heterocycles. The van der Waals surface area contributed by atoms with Crippen molar-refractivity contribution in [2.75, 3.05) is 13.6 Å². The zero-order valence-electron chi connectivity index (χ0n) is 8.34. The number of amides is 1. The van der Waals surface area contributed by atoms with Crippen LogP contribution in [0.15, 0.2) is 0 Å². The Bertz CT molecular complexity index is 167. The SMILES string of the molecule is CCC(C)C1CCN(C)C(=O)C1. The van der Waals surface area contributed by atoms with Gasteiger partial charge in [0, 0.05) is 20.0 Å². The summed E-state index contributed by atoms with van der Waals surface area (Å²) in [6, 6.07) is 0. The van der Waals surface area contributed by atoms with E-state index in [1.54, 1.807) is 0 Å². The lowest BCUT2D eigenvalue weighted by molar-refractivity contribution is -0.134. The highest BCUT2D eigenvalue weighted by Crippen LogP contribution is 2.26. The van der Waals surface area contributed by atoms with Gasteiger partial charge >= 0.3 is 0 Å². The van der Waals surface area contributed by atoms with Crippen LogP contribution in [0.1, 0.15) is 33.1 Å². The van der Waals surface area contributed by atoms with Crippen molar-refractivity contribution >= 4 is 5.91 Å². The summed E-state index contributed by atoms with van der Waals surface area (Å²) in [4.78, 5) is 13.2. The molecule has 12 heavy (non-hydrogen) atoms. The van der Waals surface area contributed by atoms with Crippen molar-refractivity contribution in [3.8, 4) is 0 Å². The quantitative estimate of drug-likeness (QED) is 0.618. The lowest BCUT2D eigenvalue weighted by atomic mass is 9.84. The molecule has 0 aromatic heterocycles. The summed E-state index contributed by atoms with van der Waals surface area (Å²) in [5.74, 6) is 1.67. The molecule has 1 amide bonds. The second-order valence-corrected chi connectivity index (χ2v) is 3.95. The second-order valence-electron chi connectivity index (χ2n) is 3.95. The van der Waals surface area contributed by atoms with Crippen LogP contribution in [-0.4, -0.2) is 24.4 Å². The first kappa shape index (κ1) is 9.56. The molecule has 1 rings (SSSR count). The topological polar surface area (TPSA) is 20.3 Å². The van der Waals surface area contributed by atoms with Crippen molar-refractivity contribution < 1.29 is 4.79 Å². The molecule has 0 spiro atoms. The van der Waals surface area contributed by atoms with Crippen LogP contribution in [0.4, 0.5) is 0 Å². The summed E-state index contributed by atoms with van der Waals surface area (Å²) < 4.78 is 0. The van der Waals surface area contributed by atoms with E-state index in [0.717, 1.165) is 13.0 Å². The van der Waals surface area contributed by atoms with Crippen LogP contribution in [0.5, 0.6) is 0 Å². The van der Waals surface area contributed by atoms with E-state index >= 15 is 0 Å². The van der Waals surface area contributed by atoms with Crippen LogP contribution in [0.2, 0.25) is 0 Å². The normalized spacial score (nSPS) is 27.4. The average molecular weight is 169 g/mol. The zero-order valence-corrected chi connectivity index (χ0v) is 8.34. The van der Waals surface area contributed by atoms with Crippen molar-refractivity contribution in [2.45, 2.75) is 33.1 Å². The molecule has 1 aliphatic heterocycles. The van der Waals surface area contributed by atoms with Crippen molar-refractivity contribution in [1.82, 2.24) is 4.90 Å². The average Bonchev–Trinajstić information content (AvgIpc) is 2.08. The van der Waals surface area contributed by atoms with E-state index in [4.69, 9.17) is 0 Å². The zero-order chi connectivity index (χ0) is 9.14. The molecule has 70 valence electrons. The maximum absolute atomic E-state index is 11.4. The van der Waals surface area contributed by atoms with E-state index in [1.165, 1.54) is 12.8 Å². The molecule has 0 aromatic carbocycles. The first-order valence-corrected chi connectivity index (χ1v) is 4.89. The highest BCUT2D eigenvalue weighted by Gasteiger charge is 2.26. The molecule has 1 aliphatic rings. The molecule has 2 heteroatoms. The Labute approximate surface area is 74.9 Å². The van der Waals surface area contributed by atoms with Gasteiger partial charge in [-0.25, -0.2) is 0 Å². The van der Waals surface area contributed by atoms with Gasteiger partial charge < -0.3 is 4.90 Å². The van der Waals surface area contributed by atoms with Crippen molar-refractivity contribution in [3.05, 3.63) is 0 Å². The molecule has 1 heterocycles. The molecule has 0 radical (unpaired) electrons. The van der Waals surface area contributed by atoms with Gasteiger partial charge in [0.1, 0.15) is 0 Å². The predicted octanol–water partition coefficient (Wildman–Crippen LogP) is 1.90. The number of piperidine rings is 1. The fourth-order valence-electron chi connectivity index (χ4n) is 1.79. The van der Waals surface area contributed by atoms with E-state index < -0.39 is 0 Å². The molecular formula is C10H19NO. The molecule has 2 nitrogen and oxygen atoms in total. The molecule has 2 atom stereocenters. The monoisotopic (exact) mass is 169 g/mol. The van der Waals surface area contributed by atoms with Crippen LogP contribution in [0.3, 0.4) is 0 Å². The fraction of sp³-hybridized carbons (Fsp3) is 0.900. The Morgan fingerprint density at radius 3 is 2.83 bits per heavy atom. The number of rotatable bonds is 2. The smallest absolute Gasteiger partial charge is 0.222 e. The minimum Gasteiger partial charge on any atom is -0.346 e. The van der Waals surface area contributed by atoms with E-state index in [9.17, 15) is 4.79 Å². The van der Waals surface area contributed by atoms with Crippen molar-refractivity contribution in [2.24, 2.45) is 11.8 Å². The van der Waals surface area contributed by atoms with Gasteiger partial charge in [0.2, 0.25) is 5.91 Å². The van der Waals surface area contributed by atoms with Crippen LogP contribution in [0, 0.1) is 11.8 Å². The third-order valence-electron chi connectivity index (χ3n) is 3.15. The lowest BCUT2D eigenvalue weighted by Gasteiger charge is -2.31. The second kappa shape index (κ2) is 3.92. The first-order valence-electron chi connectivity index (χ1n) is 4.89. The lowest BCUT2D eigenvalue weighted by Crippen LogP contribution is -2.37. The fourth-order valence-corrected chi connectivity index (χ4v) is 1.79. The molecule has 1 fully saturated rings. The van der Waals surface area contributed by atoms with Crippen molar-refractivity contribution in [3.63, 3.8) is 0 Å². The summed E-state index contributed by atoms with van der Waals surface area (Å²) in [7, 11) is 1.90. The Kier molecular flexibility index (Phi) is 3.12. The van der Waals surface area contributed by atoms with Crippen molar-refractivity contribution in [1.29, 1.82) is 0 Å². The molecule has 0 saturated carbocycles. The summed E-state index contributed by atoms with van der Waals surface area (Å²) in [5, 5.41) is 0. The third kappa shape index (κ3) is 1.99. The van der Waals surface area contributed by atoms with Gasteiger partial charge in [-0.1, -0.05) is 20.3 Å². The van der Waals surface area contributed by atoms with Gasteiger partial charge in [-0.05, 0) is 18.3 Å². The number of hydrogen-bond donors (Lipinski definition) is 0. The van der Waals surface area contributed by atoms with Gasteiger partial charge in [-0.3, -0.25) is 4.79 Å². The summed E-state index contributed by atoms with van der Waals surface area (Å²) in [5.41, 5.74) is 0. The highest BCUT2D eigenvalue weighted by atomic mass is 16.2. The van der Waals surface area contributed by atoms with Crippen LogP contribution < -0.4 is 0 Å². The van der Waals surface area contributed by atoms with Gasteiger partial charge in [0.05, 0.1) is 0 Å². The molecular weight excluding hydrogens is 150 g/mol. The molecule has 0 aliphatic carbocycles. The predicted molar refractivity (Wildman–Crippen MR) is 49.8 cm³/mol. The number of carbonyl (C=O) groups is 1. The summed E-state index contributed by atoms with van der Waals surface area (Å²) in [6.07, 6.45) is 3.16. The minimum absolute atomic E-state index is 0.326. The standard InChI is InChI=1S/C10H19NO/c1-4-8(2)9-5-6-11(3)10(12)7-9/h8-9H,4-7H2,1-3H3. The van der Waals surface area contributed by atoms with E-state index in [1.807, 2.05) is 11.9 Å². The maximum Gasteiger partial charge on any atom is 0.222 e. The Balaban J connectivity index is 2.45. The van der Waals surface area contributed by atoms with Gasteiger partial charge in [-0.15, -0.1) is 0 Å². The largest absolute Gasteiger partial charge is 0.346 e. The minimum atomic E-state index is 0.326. The van der Waals surface area contributed by atoms with Gasteiger partial charge in [0.15, 0.2) is 0 Å². The Hall–Kier alpha value is -0.530. The summed E-state index contributed by atoms with van der Waals surface area (Å²) >= 11 is 0.